The molecule has 0 aliphatic heterocycles. The van der Waals surface area contributed by atoms with Gasteiger partial charge in [-0.25, -0.2) is 9.97 Å². The van der Waals surface area contributed by atoms with Crippen LogP contribution in [0.1, 0.15) is 23.8 Å². The van der Waals surface area contributed by atoms with E-state index < -0.39 is 0 Å². The number of aromatic nitrogens is 3. The fraction of sp³-hybridized carbons (Fsp3) is 0.222. The second-order valence-corrected chi connectivity index (χ2v) is 2.79. The number of hydrogen-bond acceptors (Lipinski definition) is 3. The van der Waals surface area contributed by atoms with Gasteiger partial charge in [-0.3, -0.25) is 4.79 Å². The minimum Gasteiger partial charge on any atom is -0.337 e. The SMILES string of the molecule is CCC(=O)c1cc2cncnc2[nH]1. The number of nitrogens with one attached hydrogen (secondary N) is 1. The van der Waals surface area contributed by atoms with Gasteiger partial charge in [0, 0.05) is 18.0 Å². The standard InChI is InChI=1S/C9H9N3O/c1-2-8(13)7-3-6-4-10-5-11-9(6)12-7/h3-5H,2H2,1H3,(H,10,11,12). The summed E-state index contributed by atoms with van der Waals surface area (Å²) in [6.07, 6.45) is 3.64. The molecule has 2 aromatic heterocycles. The largest absolute Gasteiger partial charge is 0.337 e. The molecule has 0 radical (unpaired) electrons. The summed E-state index contributed by atoms with van der Waals surface area (Å²) >= 11 is 0. The molecule has 0 bridgehead atoms. The van der Waals surface area contributed by atoms with E-state index in [9.17, 15) is 4.79 Å². The van der Waals surface area contributed by atoms with Gasteiger partial charge in [-0.2, -0.15) is 0 Å². The molecular weight excluding hydrogens is 166 g/mol. The van der Waals surface area contributed by atoms with E-state index in [4.69, 9.17) is 0 Å². The van der Waals surface area contributed by atoms with Gasteiger partial charge in [0.05, 0.1) is 5.69 Å². The number of Topliss-reactive ketones (excluding diaryl/α,β-unsaturated/α-hetero) is 1. The quantitative estimate of drug-likeness (QED) is 0.704. The normalized spacial score (nSPS) is 10.5. The molecule has 66 valence electrons. The Balaban J connectivity index is 2.56. The van der Waals surface area contributed by atoms with Crippen LogP contribution in [0.15, 0.2) is 18.6 Å². The van der Waals surface area contributed by atoms with E-state index >= 15 is 0 Å². The first-order chi connectivity index (χ1) is 6.31. The van der Waals surface area contributed by atoms with E-state index in [2.05, 4.69) is 15.0 Å². The number of nitrogens with zero attached hydrogens (tertiary/aromatic N) is 2. The molecule has 0 aliphatic rings. The van der Waals surface area contributed by atoms with Crippen LogP contribution in [0.3, 0.4) is 0 Å². The topological polar surface area (TPSA) is 58.6 Å². The minimum absolute atomic E-state index is 0.0954. The molecule has 0 aliphatic carbocycles. The number of hydrogen-bond donors (Lipinski definition) is 1. The predicted octanol–water partition coefficient (Wildman–Crippen LogP) is 1.55. The number of rotatable bonds is 2. The third kappa shape index (κ3) is 1.30. The molecule has 0 saturated heterocycles. The van der Waals surface area contributed by atoms with Gasteiger partial charge in [0.25, 0.3) is 0 Å². The summed E-state index contributed by atoms with van der Waals surface area (Å²) in [5, 5.41) is 0.874. The highest BCUT2D eigenvalue weighted by atomic mass is 16.1. The van der Waals surface area contributed by atoms with E-state index in [1.807, 2.05) is 6.92 Å². The Morgan fingerprint density at radius 3 is 3.15 bits per heavy atom. The monoisotopic (exact) mass is 175 g/mol. The van der Waals surface area contributed by atoms with Gasteiger partial charge in [0.1, 0.15) is 12.0 Å². The van der Waals surface area contributed by atoms with Crippen molar-refractivity contribution in [2.75, 3.05) is 0 Å². The van der Waals surface area contributed by atoms with Crippen molar-refractivity contribution in [3.05, 3.63) is 24.3 Å². The lowest BCUT2D eigenvalue weighted by atomic mass is 10.2. The number of aromatic amines is 1. The molecule has 2 aromatic rings. The molecule has 0 saturated carbocycles. The third-order valence-corrected chi connectivity index (χ3v) is 1.91. The van der Waals surface area contributed by atoms with Crippen LogP contribution < -0.4 is 0 Å². The van der Waals surface area contributed by atoms with Gasteiger partial charge in [0.15, 0.2) is 5.78 Å². The minimum atomic E-state index is 0.0954. The molecular formula is C9H9N3O. The molecule has 0 unspecified atom stereocenters. The Morgan fingerprint density at radius 1 is 1.62 bits per heavy atom. The zero-order valence-corrected chi connectivity index (χ0v) is 7.24. The lowest BCUT2D eigenvalue weighted by molar-refractivity contribution is 0.0984. The van der Waals surface area contributed by atoms with Gasteiger partial charge in [-0.05, 0) is 6.07 Å². The zero-order valence-electron chi connectivity index (χ0n) is 7.24. The highest BCUT2D eigenvalue weighted by Crippen LogP contribution is 2.12. The van der Waals surface area contributed by atoms with Crippen LogP contribution >= 0.6 is 0 Å². The Hall–Kier alpha value is -1.71. The van der Waals surface area contributed by atoms with Crippen molar-refractivity contribution in [3.63, 3.8) is 0 Å². The first-order valence-corrected chi connectivity index (χ1v) is 4.13. The summed E-state index contributed by atoms with van der Waals surface area (Å²) in [4.78, 5) is 22.1. The first kappa shape index (κ1) is 7.91. The summed E-state index contributed by atoms with van der Waals surface area (Å²) in [5.74, 6) is 0.0954. The molecule has 0 amide bonds. The van der Waals surface area contributed by atoms with Crippen molar-refractivity contribution in [2.24, 2.45) is 0 Å². The molecule has 4 heteroatoms. The van der Waals surface area contributed by atoms with Crippen LogP contribution in [-0.4, -0.2) is 20.7 Å². The van der Waals surface area contributed by atoms with Crippen LogP contribution in [0.4, 0.5) is 0 Å². The Bertz CT molecular complexity index is 414. The summed E-state index contributed by atoms with van der Waals surface area (Å²) in [5.41, 5.74) is 1.32. The summed E-state index contributed by atoms with van der Waals surface area (Å²) < 4.78 is 0. The summed E-state index contributed by atoms with van der Waals surface area (Å²) in [6.45, 7) is 1.83. The maximum Gasteiger partial charge on any atom is 0.178 e. The van der Waals surface area contributed by atoms with Crippen molar-refractivity contribution in [3.8, 4) is 0 Å². The van der Waals surface area contributed by atoms with Crippen molar-refractivity contribution in [2.45, 2.75) is 13.3 Å². The number of carbonyl (C=O) groups is 1. The van der Waals surface area contributed by atoms with E-state index in [1.165, 1.54) is 6.33 Å². The summed E-state index contributed by atoms with van der Waals surface area (Å²) in [7, 11) is 0. The van der Waals surface area contributed by atoms with E-state index in [-0.39, 0.29) is 5.78 Å². The lowest BCUT2D eigenvalue weighted by Gasteiger charge is -1.88. The molecule has 4 nitrogen and oxygen atoms in total. The predicted molar refractivity (Wildman–Crippen MR) is 48.5 cm³/mol. The maximum absolute atomic E-state index is 11.3. The first-order valence-electron chi connectivity index (χ1n) is 4.13. The van der Waals surface area contributed by atoms with Crippen molar-refractivity contribution < 1.29 is 4.79 Å². The number of fused-ring (bicyclic) bond motifs is 1. The van der Waals surface area contributed by atoms with Gasteiger partial charge in [-0.15, -0.1) is 0 Å². The van der Waals surface area contributed by atoms with Crippen LogP contribution in [0.25, 0.3) is 11.0 Å². The third-order valence-electron chi connectivity index (χ3n) is 1.91. The number of ketones is 1. The second-order valence-electron chi connectivity index (χ2n) is 2.79. The highest BCUT2D eigenvalue weighted by Gasteiger charge is 2.06. The van der Waals surface area contributed by atoms with Crippen LogP contribution in [0.2, 0.25) is 0 Å². The number of carbonyl (C=O) groups excluding carboxylic acids is 1. The Kier molecular flexibility index (Phi) is 1.81. The van der Waals surface area contributed by atoms with E-state index in [0.717, 1.165) is 5.39 Å². The van der Waals surface area contributed by atoms with Crippen molar-refractivity contribution in [1.82, 2.24) is 15.0 Å². The van der Waals surface area contributed by atoms with Gasteiger partial charge < -0.3 is 4.98 Å². The van der Waals surface area contributed by atoms with E-state index in [0.29, 0.717) is 17.8 Å². The average Bonchev–Trinajstić information content (AvgIpc) is 2.59. The number of H-pyrrole nitrogens is 1. The Morgan fingerprint density at radius 2 is 2.46 bits per heavy atom. The smallest absolute Gasteiger partial charge is 0.178 e. The van der Waals surface area contributed by atoms with Gasteiger partial charge >= 0.3 is 0 Å². The van der Waals surface area contributed by atoms with E-state index in [1.54, 1.807) is 12.3 Å². The second kappa shape index (κ2) is 2.97. The fourth-order valence-corrected chi connectivity index (χ4v) is 1.21. The molecule has 0 aromatic carbocycles. The Labute approximate surface area is 75.0 Å². The average molecular weight is 175 g/mol. The van der Waals surface area contributed by atoms with Crippen LogP contribution in [0.5, 0.6) is 0 Å². The van der Waals surface area contributed by atoms with Crippen LogP contribution in [0, 0.1) is 0 Å². The molecule has 0 spiro atoms. The zero-order chi connectivity index (χ0) is 9.26. The molecule has 2 rings (SSSR count). The van der Waals surface area contributed by atoms with Gasteiger partial charge in [0.2, 0.25) is 0 Å². The van der Waals surface area contributed by atoms with Crippen LogP contribution in [-0.2, 0) is 0 Å². The molecule has 0 atom stereocenters. The fourth-order valence-electron chi connectivity index (χ4n) is 1.21. The molecule has 2 heterocycles. The maximum atomic E-state index is 11.3. The van der Waals surface area contributed by atoms with Crippen molar-refractivity contribution in [1.29, 1.82) is 0 Å². The molecule has 1 N–H and O–H groups in total. The highest BCUT2D eigenvalue weighted by molar-refractivity contribution is 5.98. The summed E-state index contributed by atoms with van der Waals surface area (Å²) in [6, 6.07) is 1.78. The molecule has 0 fully saturated rings. The van der Waals surface area contributed by atoms with Gasteiger partial charge in [-0.1, -0.05) is 6.92 Å². The van der Waals surface area contributed by atoms with Crippen molar-refractivity contribution >= 4 is 16.8 Å². The molecule has 13 heavy (non-hydrogen) atoms. The lowest BCUT2D eigenvalue weighted by Crippen LogP contribution is -1.95.